The highest BCUT2D eigenvalue weighted by Gasteiger charge is 2.40. The standard InChI is InChI=1S/C17H28ClN3/c1-4-19-15(9-14-8-12-5-6-13(14)7-12)10-16-17(18)11(2)20-21(16)3/h12-15,19H,4-10H2,1-3H3. The van der Waals surface area contributed by atoms with Crippen molar-refractivity contribution >= 4 is 11.6 Å². The SMILES string of the molecule is CCNC(Cc1c(Cl)c(C)nn1C)CC1CC2CCC1C2. The Balaban J connectivity index is 1.67. The first kappa shape index (κ1) is 15.4. The lowest BCUT2D eigenvalue weighted by molar-refractivity contribution is 0.276. The lowest BCUT2D eigenvalue weighted by Crippen LogP contribution is -2.34. The van der Waals surface area contributed by atoms with Crippen LogP contribution in [0, 0.1) is 24.7 Å². The molecule has 0 radical (unpaired) electrons. The van der Waals surface area contributed by atoms with Crippen LogP contribution < -0.4 is 5.32 Å². The van der Waals surface area contributed by atoms with Crippen LogP contribution in [0.25, 0.3) is 0 Å². The average molecular weight is 310 g/mol. The van der Waals surface area contributed by atoms with Crippen molar-refractivity contribution in [3.8, 4) is 0 Å². The van der Waals surface area contributed by atoms with Crippen molar-refractivity contribution in [3.05, 3.63) is 16.4 Å². The number of aryl methyl sites for hydroxylation is 2. The van der Waals surface area contributed by atoms with Gasteiger partial charge in [-0.2, -0.15) is 5.10 Å². The fourth-order valence-electron chi connectivity index (χ4n) is 4.69. The number of hydrogen-bond acceptors (Lipinski definition) is 2. The van der Waals surface area contributed by atoms with Gasteiger partial charge in [-0.15, -0.1) is 0 Å². The summed E-state index contributed by atoms with van der Waals surface area (Å²) in [6.07, 6.45) is 8.22. The molecule has 1 aromatic rings. The predicted octanol–water partition coefficient (Wildman–Crippen LogP) is 3.73. The highest BCUT2D eigenvalue weighted by Crippen LogP contribution is 2.50. The van der Waals surface area contributed by atoms with Crippen molar-refractivity contribution in [1.29, 1.82) is 0 Å². The van der Waals surface area contributed by atoms with Crippen molar-refractivity contribution in [2.45, 2.75) is 58.4 Å². The summed E-state index contributed by atoms with van der Waals surface area (Å²) < 4.78 is 1.96. The fourth-order valence-corrected chi connectivity index (χ4v) is 4.93. The number of hydrogen-bond donors (Lipinski definition) is 1. The summed E-state index contributed by atoms with van der Waals surface area (Å²) in [5, 5.41) is 8.99. The number of aromatic nitrogens is 2. The van der Waals surface area contributed by atoms with Gasteiger partial charge < -0.3 is 5.32 Å². The van der Waals surface area contributed by atoms with Crippen LogP contribution in [0.1, 0.15) is 50.4 Å². The molecule has 0 saturated heterocycles. The van der Waals surface area contributed by atoms with Crippen LogP contribution in [-0.2, 0) is 13.5 Å². The molecule has 2 aliphatic rings. The Labute approximate surface area is 133 Å². The third kappa shape index (κ3) is 3.14. The van der Waals surface area contributed by atoms with Crippen LogP contribution in [0.2, 0.25) is 5.02 Å². The van der Waals surface area contributed by atoms with E-state index in [0.717, 1.165) is 41.4 Å². The van der Waals surface area contributed by atoms with Crippen molar-refractivity contribution < 1.29 is 0 Å². The molecule has 118 valence electrons. The van der Waals surface area contributed by atoms with Crippen LogP contribution in [-0.4, -0.2) is 22.4 Å². The maximum Gasteiger partial charge on any atom is 0.0847 e. The van der Waals surface area contributed by atoms with E-state index in [1.165, 1.54) is 37.8 Å². The van der Waals surface area contributed by atoms with E-state index in [2.05, 4.69) is 17.3 Å². The molecule has 0 spiro atoms. The largest absolute Gasteiger partial charge is 0.314 e. The van der Waals surface area contributed by atoms with Crippen molar-refractivity contribution in [2.24, 2.45) is 24.8 Å². The summed E-state index contributed by atoms with van der Waals surface area (Å²) in [6.45, 7) is 5.22. The highest BCUT2D eigenvalue weighted by molar-refractivity contribution is 6.31. The van der Waals surface area contributed by atoms with Gasteiger partial charge in [0.2, 0.25) is 0 Å². The zero-order valence-electron chi connectivity index (χ0n) is 13.5. The molecule has 1 aromatic heterocycles. The zero-order valence-corrected chi connectivity index (χ0v) is 14.3. The second kappa shape index (κ2) is 6.29. The molecule has 4 unspecified atom stereocenters. The summed E-state index contributed by atoms with van der Waals surface area (Å²) in [7, 11) is 2.01. The van der Waals surface area contributed by atoms with Crippen molar-refractivity contribution in [3.63, 3.8) is 0 Å². The van der Waals surface area contributed by atoms with Crippen LogP contribution in [0.15, 0.2) is 0 Å². The van der Waals surface area contributed by atoms with Gasteiger partial charge in [-0.3, -0.25) is 4.68 Å². The van der Waals surface area contributed by atoms with Crippen LogP contribution in [0.3, 0.4) is 0 Å². The van der Waals surface area contributed by atoms with Gasteiger partial charge in [0.15, 0.2) is 0 Å². The van der Waals surface area contributed by atoms with E-state index in [0.29, 0.717) is 6.04 Å². The highest BCUT2D eigenvalue weighted by atomic mass is 35.5. The fraction of sp³-hybridized carbons (Fsp3) is 0.824. The van der Waals surface area contributed by atoms with Gasteiger partial charge >= 0.3 is 0 Å². The van der Waals surface area contributed by atoms with Crippen LogP contribution in [0.4, 0.5) is 0 Å². The predicted molar refractivity (Wildman–Crippen MR) is 87.7 cm³/mol. The molecule has 2 saturated carbocycles. The van der Waals surface area contributed by atoms with Gasteiger partial charge in [-0.25, -0.2) is 0 Å². The lowest BCUT2D eigenvalue weighted by atomic mass is 9.83. The van der Waals surface area contributed by atoms with Crippen LogP contribution in [0.5, 0.6) is 0 Å². The van der Waals surface area contributed by atoms with Crippen molar-refractivity contribution in [2.75, 3.05) is 6.54 Å². The molecule has 3 nitrogen and oxygen atoms in total. The van der Waals surface area contributed by atoms with Gasteiger partial charge in [0, 0.05) is 19.5 Å². The normalized spacial score (nSPS) is 29.2. The van der Waals surface area contributed by atoms with E-state index in [1.807, 2.05) is 18.7 Å². The number of rotatable bonds is 6. The number of nitrogens with one attached hydrogen (secondary N) is 1. The summed E-state index contributed by atoms with van der Waals surface area (Å²) in [5.74, 6) is 2.96. The molecule has 4 atom stereocenters. The number of fused-ring (bicyclic) bond motifs is 2. The van der Waals surface area contributed by atoms with E-state index in [9.17, 15) is 0 Å². The van der Waals surface area contributed by atoms with Gasteiger partial charge in [0.25, 0.3) is 0 Å². The Morgan fingerprint density at radius 3 is 2.71 bits per heavy atom. The first-order valence-electron chi connectivity index (χ1n) is 8.49. The Bertz CT molecular complexity index is 496. The second-order valence-corrected chi connectivity index (χ2v) is 7.48. The first-order valence-corrected chi connectivity index (χ1v) is 8.87. The molecular formula is C17H28ClN3. The van der Waals surface area contributed by atoms with Gasteiger partial charge in [0.1, 0.15) is 0 Å². The smallest absolute Gasteiger partial charge is 0.0847 e. The zero-order chi connectivity index (χ0) is 15.0. The van der Waals surface area contributed by atoms with E-state index in [4.69, 9.17) is 11.6 Å². The first-order chi connectivity index (χ1) is 10.1. The van der Waals surface area contributed by atoms with Gasteiger partial charge in [0.05, 0.1) is 16.4 Å². The lowest BCUT2D eigenvalue weighted by Gasteiger charge is -2.27. The van der Waals surface area contributed by atoms with E-state index in [-0.39, 0.29) is 0 Å². The monoisotopic (exact) mass is 309 g/mol. The molecule has 0 aromatic carbocycles. The van der Waals surface area contributed by atoms with E-state index < -0.39 is 0 Å². The molecule has 1 N–H and O–H groups in total. The molecule has 21 heavy (non-hydrogen) atoms. The Hall–Kier alpha value is -0.540. The summed E-state index contributed by atoms with van der Waals surface area (Å²) in [5.41, 5.74) is 2.13. The molecule has 0 aliphatic heterocycles. The number of halogens is 1. The Morgan fingerprint density at radius 1 is 1.38 bits per heavy atom. The minimum absolute atomic E-state index is 0.534. The topological polar surface area (TPSA) is 29.9 Å². The summed E-state index contributed by atoms with van der Waals surface area (Å²) in [4.78, 5) is 0. The third-order valence-corrected chi connectivity index (χ3v) is 6.16. The average Bonchev–Trinajstić information content (AvgIpc) is 3.11. The Kier molecular flexibility index (Phi) is 4.60. The molecule has 1 heterocycles. The molecule has 2 fully saturated rings. The van der Waals surface area contributed by atoms with E-state index >= 15 is 0 Å². The molecular weight excluding hydrogens is 282 g/mol. The van der Waals surface area contributed by atoms with Crippen molar-refractivity contribution in [1.82, 2.24) is 15.1 Å². The maximum absolute atomic E-state index is 6.43. The second-order valence-electron chi connectivity index (χ2n) is 7.10. The summed E-state index contributed by atoms with van der Waals surface area (Å²) >= 11 is 6.43. The number of nitrogens with zero attached hydrogens (tertiary/aromatic N) is 2. The third-order valence-electron chi connectivity index (χ3n) is 5.67. The molecule has 2 aliphatic carbocycles. The molecule has 0 amide bonds. The quantitative estimate of drug-likeness (QED) is 0.868. The van der Waals surface area contributed by atoms with Crippen LogP contribution >= 0.6 is 11.6 Å². The molecule has 2 bridgehead atoms. The maximum atomic E-state index is 6.43. The molecule has 3 rings (SSSR count). The van der Waals surface area contributed by atoms with Gasteiger partial charge in [-0.05, 0) is 56.9 Å². The van der Waals surface area contributed by atoms with E-state index in [1.54, 1.807) is 0 Å². The Morgan fingerprint density at radius 2 is 2.19 bits per heavy atom. The molecule has 4 heteroatoms. The summed E-state index contributed by atoms with van der Waals surface area (Å²) in [6, 6.07) is 0.534. The van der Waals surface area contributed by atoms with Gasteiger partial charge in [-0.1, -0.05) is 24.9 Å². The minimum atomic E-state index is 0.534. The number of likely N-dealkylation sites (N-methyl/N-ethyl adjacent to an activating group) is 1. The minimum Gasteiger partial charge on any atom is -0.314 e.